The molecule has 0 unspecified atom stereocenters. The molecule has 0 spiro atoms. The summed E-state index contributed by atoms with van der Waals surface area (Å²) in [5, 5.41) is 31.3. The molecule has 176 valence electrons. The monoisotopic (exact) mass is 598 g/mol. The molecular formula is C22H16Br2N8O3. The average Bonchev–Trinajstić information content (AvgIpc) is 2.83. The highest BCUT2D eigenvalue weighted by molar-refractivity contribution is 9.11. The maximum Gasteiger partial charge on any atom is 0.269 e. The molecule has 0 amide bonds. The van der Waals surface area contributed by atoms with Crippen LogP contribution in [0.15, 0.2) is 80.8 Å². The van der Waals surface area contributed by atoms with E-state index >= 15 is 0 Å². The second kappa shape index (κ2) is 10.9. The zero-order valence-electron chi connectivity index (χ0n) is 17.7. The Morgan fingerprint density at radius 2 is 1.49 bits per heavy atom. The first-order valence-electron chi connectivity index (χ1n) is 9.94. The highest BCUT2D eigenvalue weighted by Crippen LogP contribution is 2.30. The fraction of sp³-hybridized carbons (Fsp3) is 0. The molecule has 0 atom stereocenters. The molecule has 3 aromatic carbocycles. The van der Waals surface area contributed by atoms with Crippen LogP contribution in [0.3, 0.4) is 0 Å². The zero-order chi connectivity index (χ0) is 24.8. The minimum atomic E-state index is -0.476. The summed E-state index contributed by atoms with van der Waals surface area (Å²) >= 11 is 6.65. The van der Waals surface area contributed by atoms with E-state index in [0.717, 1.165) is 10.2 Å². The van der Waals surface area contributed by atoms with Gasteiger partial charge in [-0.2, -0.15) is 20.1 Å². The van der Waals surface area contributed by atoms with Crippen LogP contribution in [-0.2, 0) is 0 Å². The topological polar surface area (TPSA) is 150 Å². The SMILES string of the molecule is O=[N+]([O-])c1ccc(Nc2nc(N/N=C/c3cc(Br)cc(Br)c3O)nc(Nc3ccccc3)n2)cc1. The Kier molecular flexibility index (Phi) is 7.48. The van der Waals surface area contributed by atoms with Crippen molar-refractivity contribution in [1.82, 2.24) is 15.0 Å². The van der Waals surface area contributed by atoms with E-state index < -0.39 is 4.92 Å². The van der Waals surface area contributed by atoms with Crippen LogP contribution in [0.4, 0.5) is 34.9 Å². The molecular weight excluding hydrogens is 584 g/mol. The summed E-state index contributed by atoms with van der Waals surface area (Å²) in [5.74, 6) is 0.563. The van der Waals surface area contributed by atoms with Crippen LogP contribution in [0, 0.1) is 10.1 Å². The maximum absolute atomic E-state index is 10.9. The number of anilines is 5. The van der Waals surface area contributed by atoms with Crippen molar-refractivity contribution in [3.63, 3.8) is 0 Å². The van der Waals surface area contributed by atoms with Gasteiger partial charge in [0.05, 0.1) is 15.6 Å². The Balaban J connectivity index is 1.60. The highest BCUT2D eigenvalue weighted by Gasteiger charge is 2.10. The minimum Gasteiger partial charge on any atom is -0.506 e. The summed E-state index contributed by atoms with van der Waals surface area (Å²) in [5.41, 5.74) is 4.47. The quantitative estimate of drug-likeness (QED) is 0.109. The van der Waals surface area contributed by atoms with E-state index in [9.17, 15) is 15.2 Å². The van der Waals surface area contributed by atoms with Gasteiger partial charge in [0.2, 0.25) is 17.8 Å². The predicted octanol–water partition coefficient (Wildman–Crippen LogP) is 5.94. The third kappa shape index (κ3) is 6.49. The lowest BCUT2D eigenvalue weighted by molar-refractivity contribution is -0.384. The summed E-state index contributed by atoms with van der Waals surface area (Å²) < 4.78 is 1.27. The van der Waals surface area contributed by atoms with Crippen molar-refractivity contribution in [2.45, 2.75) is 0 Å². The van der Waals surface area contributed by atoms with E-state index in [1.54, 1.807) is 24.3 Å². The van der Waals surface area contributed by atoms with Crippen molar-refractivity contribution in [2.24, 2.45) is 5.10 Å². The Bertz CT molecular complexity index is 1390. The molecule has 1 aromatic heterocycles. The molecule has 0 fully saturated rings. The molecule has 0 bridgehead atoms. The van der Waals surface area contributed by atoms with Crippen LogP contribution >= 0.6 is 31.9 Å². The van der Waals surface area contributed by atoms with E-state index in [1.165, 1.54) is 18.3 Å². The molecule has 4 N–H and O–H groups in total. The fourth-order valence-electron chi connectivity index (χ4n) is 2.83. The largest absolute Gasteiger partial charge is 0.506 e. The van der Waals surface area contributed by atoms with Gasteiger partial charge >= 0.3 is 0 Å². The summed E-state index contributed by atoms with van der Waals surface area (Å²) in [4.78, 5) is 23.4. The summed E-state index contributed by atoms with van der Waals surface area (Å²) in [6.07, 6.45) is 1.42. The highest BCUT2D eigenvalue weighted by atomic mass is 79.9. The lowest BCUT2D eigenvalue weighted by Crippen LogP contribution is -2.07. The lowest BCUT2D eigenvalue weighted by Gasteiger charge is -2.10. The predicted molar refractivity (Wildman–Crippen MR) is 141 cm³/mol. The molecule has 4 aromatic rings. The molecule has 0 saturated heterocycles. The third-order valence-electron chi connectivity index (χ3n) is 4.43. The van der Waals surface area contributed by atoms with Gasteiger partial charge in [-0.3, -0.25) is 10.1 Å². The van der Waals surface area contributed by atoms with Crippen LogP contribution in [-0.4, -0.2) is 31.2 Å². The smallest absolute Gasteiger partial charge is 0.269 e. The number of benzene rings is 3. The molecule has 11 nitrogen and oxygen atoms in total. The van der Waals surface area contributed by atoms with E-state index in [2.05, 4.69) is 68.0 Å². The number of hydrogen-bond acceptors (Lipinski definition) is 10. The fourth-order valence-corrected chi connectivity index (χ4v) is 4.09. The molecule has 0 radical (unpaired) electrons. The van der Waals surface area contributed by atoms with Crippen LogP contribution in [0.5, 0.6) is 5.75 Å². The number of nitrogens with zero attached hydrogens (tertiary/aromatic N) is 5. The molecule has 0 aliphatic carbocycles. The van der Waals surface area contributed by atoms with Gasteiger partial charge in [-0.05, 0) is 52.3 Å². The summed E-state index contributed by atoms with van der Waals surface area (Å²) in [6.45, 7) is 0. The number of aromatic nitrogens is 3. The van der Waals surface area contributed by atoms with E-state index in [-0.39, 0.29) is 29.3 Å². The standard InChI is InChI=1S/C22H16Br2N8O3/c23-14-10-13(19(33)18(24)11-14)12-25-31-22-29-20(26-15-4-2-1-3-5-15)28-21(30-22)27-16-6-8-17(9-7-16)32(34)35/h1-12,33H,(H3,26,27,28,29,30,31)/b25-12+. The van der Waals surface area contributed by atoms with Crippen molar-refractivity contribution in [3.05, 3.63) is 91.4 Å². The molecule has 13 heteroatoms. The number of halogens is 2. The molecule has 1 heterocycles. The first-order chi connectivity index (χ1) is 16.9. The van der Waals surface area contributed by atoms with Crippen LogP contribution in [0.2, 0.25) is 0 Å². The van der Waals surface area contributed by atoms with E-state index in [0.29, 0.717) is 15.7 Å². The molecule has 0 saturated carbocycles. The van der Waals surface area contributed by atoms with Crippen molar-refractivity contribution >= 4 is 73.0 Å². The average molecular weight is 600 g/mol. The van der Waals surface area contributed by atoms with Gasteiger partial charge in [0.15, 0.2) is 0 Å². The maximum atomic E-state index is 10.9. The normalized spacial score (nSPS) is 10.8. The number of nitro benzene ring substituents is 1. The third-order valence-corrected chi connectivity index (χ3v) is 5.49. The Morgan fingerprint density at radius 3 is 2.11 bits per heavy atom. The number of nitrogens with one attached hydrogen (secondary N) is 3. The number of non-ortho nitro benzene ring substituents is 1. The molecule has 0 aliphatic heterocycles. The van der Waals surface area contributed by atoms with Gasteiger partial charge in [0.25, 0.3) is 5.69 Å². The molecule has 4 rings (SSSR count). The zero-order valence-corrected chi connectivity index (χ0v) is 20.9. The number of nitro groups is 1. The number of para-hydroxylation sites is 1. The second-order valence-electron chi connectivity index (χ2n) is 6.92. The van der Waals surface area contributed by atoms with Gasteiger partial charge in [0.1, 0.15) is 5.75 Å². The number of hydrogen-bond donors (Lipinski definition) is 4. The number of aromatic hydroxyl groups is 1. The van der Waals surface area contributed by atoms with Crippen molar-refractivity contribution in [3.8, 4) is 5.75 Å². The van der Waals surface area contributed by atoms with E-state index in [4.69, 9.17) is 0 Å². The Morgan fingerprint density at radius 1 is 0.886 bits per heavy atom. The number of phenolic OH excluding ortho intramolecular Hbond substituents is 1. The van der Waals surface area contributed by atoms with Crippen molar-refractivity contribution in [2.75, 3.05) is 16.1 Å². The van der Waals surface area contributed by atoms with Crippen molar-refractivity contribution < 1.29 is 10.0 Å². The number of phenols is 1. The van der Waals surface area contributed by atoms with Crippen LogP contribution < -0.4 is 16.1 Å². The van der Waals surface area contributed by atoms with E-state index in [1.807, 2.05) is 30.3 Å². The Hall–Kier alpha value is -4.10. The Labute approximate surface area is 215 Å². The first-order valence-corrected chi connectivity index (χ1v) is 11.5. The van der Waals surface area contributed by atoms with Crippen LogP contribution in [0.1, 0.15) is 5.56 Å². The lowest BCUT2D eigenvalue weighted by atomic mass is 10.2. The van der Waals surface area contributed by atoms with Gasteiger partial charge in [-0.25, -0.2) is 5.43 Å². The van der Waals surface area contributed by atoms with Gasteiger partial charge in [-0.15, -0.1) is 0 Å². The van der Waals surface area contributed by atoms with Crippen molar-refractivity contribution in [1.29, 1.82) is 0 Å². The van der Waals surface area contributed by atoms with Gasteiger partial charge in [0, 0.05) is 33.5 Å². The van der Waals surface area contributed by atoms with Crippen LogP contribution in [0.25, 0.3) is 0 Å². The minimum absolute atomic E-state index is 0.0290. The summed E-state index contributed by atoms with van der Waals surface area (Å²) in [6, 6.07) is 18.6. The number of rotatable bonds is 8. The molecule has 0 aliphatic rings. The number of hydrazone groups is 1. The first kappa shape index (κ1) is 24.0. The van der Waals surface area contributed by atoms with Gasteiger partial charge < -0.3 is 15.7 Å². The molecule has 35 heavy (non-hydrogen) atoms. The van der Waals surface area contributed by atoms with Gasteiger partial charge in [-0.1, -0.05) is 34.1 Å². The summed E-state index contributed by atoms with van der Waals surface area (Å²) in [7, 11) is 0. The second-order valence-corrected chi connectivity index (χ2v) is 8.69.